The Morgan fingerprint density at radius 3 is 2.68 bits per heavy atom. The molecule has 2 aromatic rings. The van der Waals surface area contributed by atoms with Gasteiger partial charge in [-0.15, -0.1) is 0 Å². The molecular formula is C20H20ClNO3. The number of carbonyl (C=O) groups is 2. The van der Waals surface area contributed by atoms with Gasteiger partial charge in [0, 0.05) is 18.0 Å². The first-order chi connectivity index (χ1) is 12.0. The highest BCUT2D eigenvalue weighted by atomic mass is 35.5. The maximum Gasteiger partial charge on any atom is 0.258 e. The van der Waals surface area contributed by atoms with Crippen LogP contribution in [0.15, 0.2) is 36.4 Å². The fraction of sp³-hybridized carbons (Fsp3) is 0.300. The fourth-order valence-electron chi connectivity index (χ4n) is 3.23. The van der Waals surface area contributed by atoms with Gasteiger partial charge in [-0.25, -0.2) is 0 Å². The van der Waals surface area contributed by atoms with Crippen LogP contribution in [0.1, 0.15) is 46.3 Å². The van der Waals surface area contributed by atoms with E-state index in [1.807, 2.05) is 32.0 Å². The molecule has 0 saturated carbocycles. The van der Waals surface area contributed by atoms with Crippen LogP contribution < -0.4 is 10.1 Å². The van der Waals surface area contributed by atoms with Crippen LogP contribution in [0, 0.1) is 6.92 Å². The van der Waals surface area contributed by atoms with Crippen LogP contribution >= 0.6 is 11.6 Å². The second kappa shape index (κ2) is 7.28. The SMILES string of the molecule is Cc1ccc(OCC(=O)NCc2ccc(Cl)cc2)c2c1[C@@H](C)CC2=O. The predicted octanol–water partition coefficient (Wildman–Crippen LogP) is 4.03. The first-order valence-corrected chi connectivity index (χ1v) is 8.64. The maximum absolute atomic E-state index is 12.2. The van der Waals surface area contributed by atoms with Crippen molar-refractivity contribution in [3.8, 4) is 5.75 Å². The molecule has 2 aromatic carbocycles. The van der Waals surface area contributed by atoms with Crippen LogP contribution in [-0.2, 0) is 11.3 Å². The number of aryl methyl sites for hydroxylation is 1. The third kappa shape index (κ3) is 3.85. The van der Waals surface area contributed by atoms with E-state index in [1.165, 1.54) is 0 Å². The van der Waals surface area contributed by atoms with Gasteiger partial charge in [-0.3, -0.25) is 9.59 Å². The fourth-order valence-corrected chi connectivity index (χ4v) is 3.35. The number of amides is 1. The number of Topliss-reactive ketones (excluding diaryl/α,β-unsaturated/α-hetero) is 1. The monoisotopic (exact) mass is 357 g/mol. The standard InChI is InChI=1S/C20H20ClNO3/c1-12-3-8-17(20-16(23)9-13(2)19(12)20)25-11-18(24)22-10-14-4-6-15(21)7-5-14/h3-8,13H,9-11H2,1-2H3,(H,22,24)/t13-/m0/s1. The Labute approximate surface area is 152 Å². The smallest absolute Gasteiger partial charge is 0.258 e. The van der Waals surface area contributed by atoms with Crippen LogP contribution in [0.25, 0.3) is 0 Å². The number of benzene rings is 2. The van der Waals surface area contributed by atoms with E-state index in [9.17, 15) is 9.59 Å². The average Bonchev–Trinajstić information content (AvgIpc) is 2.89. The van der Waals surface area contributed by atoms with E-state index in [-0.39, 0.29) is 24.2 Å². The molecular weight excluding hydrogens is 338 g/mol. The quantitative estimate of drug-likeness (QED) is 0.878. The van der Waals surface area contributed by atoms with Crippen LogP contribution in [0.5, 0.6) is 5.75 Å². The van der Waals surface area contributed by atoms with Crippen LogP contribution in [0.2, 0.25) is 5.02 Å². The second-order valence-electron chi connectivity index (χ2n) is 6.39. The summed E-state index contributed by atoms with van der Waals surface area (Å²) in [5, 5.41) is 3.45. The Balaban J connectivity index is 1.61. The van der Waals surface area contributed by atoms with E-state index in [2.05, 4.69) is 5.32 Å². The Morgan fingerprint density at radius 1 is 1.24 bits per heavy atom. The van der Waals surface area contributed by atoms with Crippen LogP contribution in [-0.4, -0.2) is 18.3 Å². The molecule has 1 N–H and O–H groups in total. The van der Waals surface area contributed by atoms with Crippen molar-refractivity contribution < 1.29 is 14.3 Å². The van der Waals surface area contributed by atoms with Gasteiger partial charge in [0.25, 0.3) is 5.91 Å². The Hall–Kier alpha value is -2.33. The molecule has 0 fully saturated rings. The number of nitrogens with one attached hydrogen (secondary N) is 1. The Bertz CT molecular complexity index is 814. The minimum atomic E-state index is -0.234. The third-order valence-electron chi connectivity index (χ3n) is 4.45. The normalized spacial score (nSPS) is 15.8. The molecule has 0 aromatic heterocycles. The number of ether oxygens (including phenoxy) is 1. The zero-order valence-corrected chi connectivity index (χ0v) is 15.0. The highest BCUT2D eigenvalue weighted by molar-refractivity contribution is 6.30. The average molecular weight is 358 g/mol. The summed E-state index contributed by atoms with van der Waals surface area (Å²) >= 11 is 5.84. The third-order valence-corrected chi connectivity index (χ3v) is 4.70. The topological polar surface area (TPSA) is 55.4 Å². The molecule has 0 saturated heterocycles. The molecule has 0 aliphatic heterocycles. The molecule has 0 spiro atoms. The van der Waals surface area contributed by atoms with Gasteiger partial charge in [-0.05, 0) is 47.7 Å². The van der Waals surface area contributed by atoms with Crippen LogP contribution in [0.3, 0.4) is 0 Å². The summed E-state index contributed by atoms with van der Waals surface area (Å²) in [7, 11) is 0. The minimum absolute atomic E-state index is 0.0859. The molecule has 0 heterocycles. The molecule has 130 valence electrons. The summed E-state index contributed by atoms with van der Waals surface area (Å²) in [5.74, 6) is 0.548. The van der Waals surface area contributed by atoms with Gasteiger partial charge < -0.3 is 10.1 Å². The van der Waals surface area contributed by atoms with Crippen molar-refractivity contribution in [3.63, 3.8) is 0 Å². The summed E-state index contributed by atoms with van der Waals surface area (Å²) in [6.45, 7) is 4.32. The lowest BCUT2D eigenvalue weighted by molar-refractivity contribution is -0.123. The predicted molar refractivity (Wildman–Crippen MR) is 97.3 cm³/mol. The van der Waals surface area contributed by atoms with Gasteiger partial charge in [0.2, 0.25) is 0 Å². The lowest BCUT2D eigenvalue weighted by atomic mass is 9.97. The molecule has 25 heavy (non-hydrogen) atoms. The number of hydrogen-bond donors (Lipinski definition) is 1. The van der Waals surface area contributed by atoms with Gasteiger partial charge in [-0.1, -0.05) is 36.7 Å². The first-order valence-electron chi connectivity index (χ1n) is 8.26. The van der Waals surface area contributed by atoms with E-state index in [0.717, 1.165) is 16.7 Å². The van der Waals surface area contributed by atoms with Crippen molar-refractivity contribution in [2.75, 3.05) is 6.61 Å². The number of ketones is 1. The van der Waals surface area contributed by atoms with Gasteiger partial charge in [0.1, 0.15) is 5.75 Å². The van der Waals surface area contributed by atoms with Gasteiger partial charge in [0.05, 0.1) is 5.56 Å². The number of halogens is 1. The van der Waals surface area contributed by atoms with E-state index < -0.39 is 0 Å². The van der Waals surface area contributed by atoms with Gasteiger partial charge in [0.15, 0.2) is 12.4 Å². The van der Waals surface area contributed by atoms with E-state index in [0.29, 0.717) is 29.3 Å². The Kier molecular flexibility index (Phi) is 5.09. The minimum Gasteiger partial charge on any atom is -0.483 e. The molecule has 0 radical (unpaired) electrons. The Morgan fingerprint density at radius 2 is 1.96 bits per heavy atom. The number of rotatable bonds is 5. The van der Waals surface area contributed by atoms with E-state index in [4.69, 9.17) is 16.3 Å². The number of hydrogen-bond acceptors (Lipinski definition) is 3. The highest BCUT2D eigenvalue weighted by Gasteiger charge is 2.31. The summed E-state index contributed by atoms with van der Waals surface area (Å²) in [4.78, 5) is 24.3. The molecule has 0 unspecified atom stereocenters. The van der Waals surface area contributed by atoms with Crippen molar-refractivity contribution in [1.29, 1.82) is 0 Å². The second-order valence-corrected chi connectivity index (χ2v) is 6.83. The molecule has 1 amide bonds. The van der Waals surface area contributed by atoms with Crippen molar-refractivity contribution >= 4 is 23.3 Å². The van der Waals surface area contributed by atoms with E-state index in [1.54, 1.807) is 18.2 Å². The van der Waals surface area contributed by atoms with Gasteiger partial charge in [-0.2, -0.15) is 0 Å². The molecule has 1 aliphatic carbocycles. The highest BCUT2D eigenvalue weighted by Crippen LogP contribution is 2.40. The molecule has 0 bridgehead atoms. The largest absolute Gasteiger partial charge is 0.483 e. The molecule has 4 nitrogen and oxygen atoms in total. The van der Waals surface area contributed by atoms with E-state index >= 15 is 0 Å². The van der Waals surface area contributed by atoms with Crippen molar-refractivity contribution in [3.05, 3.63) is 63.7 Å². The van der Waals surface area contributed by atoms with Crippen LogP contribution in [0.4, 0.5) is 0 Å². The van der Waals surface area contributed by atoms with Gasteiger partial charge >= 0.3 is 0 Å². The zero-order chi connectivity index (χ0) is 18.0. The summed E-state index contributed by atoms with van der Waals surface area (Å²) < 4.78 is 5.64. The van der Waals surface area contributed by atoms with Crippen molar-refractivity contribution in [1.82, 2.24) is 5.32 Å². The number of carbonyl (C=O) groups excluding carboxylic acids is 2. The lowest BCUT2D eigenvalue weighted by Crippen LogP contribution is -2.28. The van der Waals surface area contributed by atoms with Crippen molar-refractivity contribution in [2.24, 2.45) is 0 Å². The zero-order valence-electron chi connectivity index (χ0n) is 14.3. The summed E-state index contributed by atoms with van der Waals surface area (Å²) in [5.41, 5.74) is 3.73. The summed E-state index contributed by atoms with van der Waals surface area (Å²) in [6, 6.07) is 11.0. The maximum atomic E-state index is 12.2. The molecule has 5 heteroatoms. The molecule has 1 aliphatic rings. The summed E-state index contributed by atoms with van der Waals surface area (Å²) in [6.07, 6.45) is 0.499. The van der Waals surface area contributed by atoms with Crippen molar-refractivity contribution in [2.45, 2.75) is 32.7 Å². The molecule has 3 rings (SSSR count). The lowest BCUT2D eigenvalue weighted by Gasteiger charge is -2.13. The molecule has 1 atom stereocenters. The number of fused-ring (bicyclic) bond motifs is 1. The first kappa shape index (κ1) is 17.5.